The highest BCUT2D eigenvalue weighted by molar-refractivity contribution is 5.86. The van der Waals surface area contributed by atoms with Crippen LogP contribution in [0.2, 0.25) is 0 Å². The van der Waals surface area contributed by atoms with Gasteiger partial charge in [0.25, 0.3) is 0 Å². The van der Waals surface area contributed by atoms with Gasteiger partial charge in [-0.05, 0) is 26.2 Å². The van der Waals surface area contributed by atoms with Gasteiger partial charge in [-0.3, -0.25) is 5.10 Å². The molecule has 2 aliphatic heterocycles. The van der Waals surface area contributed by atoms with Crippen molar-refractivity contribution in [3.8, 4) is 0 Å². The third-order valence-corrected chi connectivity index (χ3v) is 5.45. The fraction of sp³-hybridized carbons (Fsp3) is 0.529. The first-order valence-corrected chi connectivity index (χ1v) is 9.15. The zero-order chi connectivity index (χ0) is 17.7. The van der Waals surface area contributed by atoms with Crippen LogP contribution in [0.25, 0.3) is 11.2 Å². The number of nitrogens with zero attached hydrogens (tertiary/aromatic N) is 7. The van der Waals surface area contributed by atoms with E-state index in [0.29, 0.717) is 0 Å². The minimum Gasteiger partial charge on any atom is -0.355 e. The van der Waals surface area contributed by atoms with Gasteiger partial charge in [-0.25, -0.2) is 14.6 Å². The molecule has 136 valence electrons. The number of aromatic amines is 1. The topological polar surface area (TPSA) is 105 Å². The lowest BCUT2D eigenvalue weighted by atomic mass is 9.91. The third kappa shape index (κ3) is 2.50. The normalized spacial score (nSPS) is 19.8. The van der Waals surface area contributed by atoms with E-state index in [9.17, 15) is 0 Å². The Bertz CT molecular complexity index is 931. The van der Waals surface area contributed by atoms with E-state index >= 15 is 0 Å². The molecule has 26 heavy (non-hydrogen) atoms. The Hall–Kier alpha value is -2.68. The Labute approximate surface area is 151 Å². The van der Waals surface area contributed by atoms with Crippen molar-refractivity contribution in [2.45, 2.75) is 38.3 Å². The molecule has 0 amide bonds. The van der Waals surface area contributed by atoms with Crippen molar-refractivity contribution in [1.29, 1.82) is 0 Å². The first kappa shape index (κ1) is 15.6. The first-order valence-electron chi connectivity index (χ1n) is 9.15. The summed E-state index contributed by atoms with van der Waals surface area (Å²) in [5.41, 5.74) is 7.67. The van der Waals surface area contributed by atoms with Gasteiger partial charge in [0.1, 0.15) is 11.6 Å². The van der Waals surface area contributed by atoms with Crippen LogP contribution in [0.5, 0.6) is 0 Å². The van der Waals surface area contributed by atoms with Crippen LogP contribution in [0.1, 0.15) is 26.2 Å². The molecule has 3 aromatic rings. The van der Waals surface area contributed by atoms with Gasteiger partial charge in [-0.15, -0.1) is 0 Å². The number of nitrogens with one attached hydrogen (secondary N) is 1. The number of anilines is 3. The molecule has 0 bridgehead atoms. The molecule has 0 aliphatic carbocycles. The van der Waals surface area contributed by atoms with Gasteiger partial charge in [0.05, 0.1) is 12.4 Å². The molecule has 0 aromatic carbocycles. The lowest BCUT2D eigenvalue weighted by Gasteiger charge is -2.37. The van der Waals surface area contributed by atoms with E-state index in [1.807, 2.05) is 23.1 Å². The predicted octanol–water partition coefficient (Wildman–Crippen LogP) is 1.41. The van der Waals surface area contributed by atoms with Crippen molar-refractivity contribution in [2.24, 2.45) is 5.73 Å². The van der Waals surface area contributed by atoms with E-state index in [0.717, 1.165) is 74.1 Å². The lowest BCUT2D eigenvalue weighted by Crippen LogP contribution is -2.48. The summed E-state index contributed by atoms with van der Waals surface area (Å²) in [5.74, 6) is 2.74. The van der Waals surface area contributed by atoms with Gasteiger partial charge >= 0.3 is 0 Å². The summed E-state index contributed by atoms with van der Waals surface area (Å²) in [6.07, 6.45) is 6.62. The zero-order valence-electron chi connectivity index (χ0n) is 14.9. The Balaban J connectivity index is 1.46. The second-order valence-electron chi connectivity index (χ2n) is 7.53. The van der Waals surface area contributed by atoms with E-state index in [-0.39, 0.29) is 5.54 Å². The van der Waals surface area contributed by atoms with Crippen molar-refractivity contribution in [2.75, 3.05) is 29.4 Å². The average Bonchev–Trinajstić information content (AvgIpc) is 3.27. The minimum absolute atomic E-state index is 0.0770. The van der Waals surface area contributed by atoms with Crippen molar-refractivity contribution < 1.29 is 0 Å². The number of rotatable bonds is 2. The van der Waals surface area contributed by atoms with Crippen LogP contribution in [-0.2, 0) is 6.54 Å². The van der Waals surface area contributed by atoms with Crippen molar-refractivity contribution in [1.82, 2.24) is 29.9 Å². The van der Waals surface area contributed by atoms with Crippen LogP contribution in [0.15, 0.2) is 18.5 Å². The van der Waals surface area contributed by atoms with Gasteiger partial charge < -0.3 is 15.5 Å². The van der Waals surface area contributed by atoms with E-state index in [1.54, 1.807) is 0 Å². The summed E-state index contributed by atoms with van der Waals surface area (Å²) in [6.45, 7) is 5.75. The van der Waals surface area contributed by atoms with Crippen LogP contribution < -0.4 is 15.5 Å². The maximum Gasteiger partial charge on any atom is 0.184 e. The first-order chi connectivity index (χ1) is 12.6. The molecule has 1 saturated heterocycles. The SMILES string of the molecule is CC1(N)CCN(c2cnc3c(N4CCCn5nccc54)n[nH]c3n2)CC1. The Kier molecular flexibility index (Phi) is 3.39. The van der Waals surface area contributed by atoms with Crippen LogP contribution in [0, 0.1) is 0 Å². The van der Waals surface area contributed by atoms with Crippen LogP contribution in [0.4, 0.5) is 17.5 Å². The summed E-state index contributed by atoms with van der Waals surface area (Å²) in [4.78, 5) is 13.9. The maximum absolute atomic E-state index is 6.23. The summed E-state index contributed by atoms with van der Waals surface area (Å²) in [5, 5.41) is 11.9. The standard InChI is InChI=1S/C17H23N9/c1-17(18)4-9-24(10-5-17)12-11-19-14-15(21-12)22-23-16(14)25-7-2-8-26-13(25)3-6-20-26/h3,6,11H,2,4-5,7-10,18H2,1H3,(H,21,22,23). The molecule has 5 heterocycles. The van der Waals surface area contributed by atoms with E-state index in [1.165, 1.54) is 0 Å². The van der Waals surface area contributed by atoms with Gasteiger partial charge in [0.15, 0.2) is 17.0 Å². The van der Waals surface area contributed by atoms with Crippen LogP contribution in [0.3, 0.4) is 0 Å². The number of aromatic nitrogens is 6. The lowest BCUT2D eigenvalue weighted by molar-refractivity contribution is 0.363. The molecule has 0 saturated carbocycles. The second kappa shape index (κ2) is 5.66. The number of aryl methyl sites for hydroxylation is 1. The maximum atomic E-state index is 6.23. The Morgan fingerprint density at radius 2 is 2.04 bits per heavy atom. The number of nitrogens with two attached hydrogens (primary N) is 1. The molecule has 3 aromatic heterocycles. The van der Waals surface area contributed by atoms with Crippen molar-refractivity contribution >= 4 is 28.6 Å². The highest BCUT2D eigenvalue weighted by Crippen LogP contribution is 2.32. The Morgan fingerprint density at radius 3 is 2.88 bits per heavy atom. The molecular weight excluding hydrogens is 330 g/mol. The molecule has 9 heteroatoms. The molecule has 5 rings (SSSR count). The fourth-order valence-corrected chi connectivity index (χ4v) is 3.80. The average molecular weight is 353 g/mol. The molecule has 0 spiro atoms. The molecule has 2 aliphatic rings. The molecule has 0 atom stereocenters. The smallest absolute Gasteiger partial charge is 0.184 e. The number of fused-ring (bicyclic) bond motifs is 2. The summed E-state index contributed by atoms with van der Waals surface area (Å²) in [6, 6.07) is 2.01. The molecule has 0 unspecified atom stereocenters. The number of hydrogen-bond acceptors (Lipinski definition) is 7. The van der Waals surface area contributed by atoms with Crippen molar-refractivity contribution in [3.05, 3.63) is 18.5 Å². The molecule has 1 fully saturated rings. The third-order valence-electron chi connectivity index (χ3n) is 5.45. The van der Waals surface area contributed by atoms with E-state index in [2.05, 4.69) is 37.0 Å². The number of H-pyrrole nitrogens is 1. The molecule has 9 nitrogen and oxygen atoms in total. The molecule has 3 N–H and O–H groups in total. The van der Waals surface area contributed by atoms with Crippen LogP contribution >= 0.6 is 0 Å². The fourth-order valence-electron chi connectivity index (χ4n) is 3.80. The highest BCUT2D eigenvalue weighted by atomic mass is 15.4. The van der Waals surface area contributed by atoms with Gasteiger partial charge in [0, 0.05) is 37.8 Å². The Morgan fingerprint density at radius 1 is 1.19 bits per heavy atom. The molecular formula is C17H23N9. The zero-order valence-corrected chi connectivity index (χ0v) is 14.9. The van der Waals surface area contributed by atoms with Crippen LogP contribution in [-0.4, -0.2) is 55.1 Å². The van der Waals surface area contributed by atoms with Gasteiger partial charge in [0.2, 0.25) is 0 Å². The van der Waals surface area contributed by atoms with E-state index < -0.39 is 0 Å². The second-order valence-corrected chi connectivity index (χ2v) is 7.53. The molecule has 0 radical (unpaired) electrons. The monoisotopic (exact) mass is 353 g/mol. The van der Waals surface area contributed by atoms with Crippen molar-refractivity contribution in [3.63, 3.8) is 0 Å². The summed E-state index contributed by atoms with van der Waals surface area (Å²) in [7, 11) is 0. The summed E-state index contributed by atoms with van der Waals surface area (Å²) < 4.78 is 2.00. The highest BCUT2D eigenvalue weighted by Gasteiger charge is 2.28. The number of piperidine rings is 1. The minimum atomic E-state index is -0.0770. The quantitative estimate of drug-likeness (QED) is 0.717. The summed E-state index contributed by atoms with van der Waals surface area (Å²) >= 11 is 0. The van der Waals surface area contributed by atoms with E-state index in [4.69, 9.17) is 10.7 Å². The largest absolute Gasteiger partial charge is 0.355 e. The van der Waals surface area contributed by atoms with Gasteiger partial charge in [-0.2, -0.15) is 10.2 Å². The number of hydrogen-bond donors (Lipinski definition) is 2. The predicted molar refractivity (Wildman–Crippen MR) is 99.6 cm³/mol. The van der Waals surface area contributed by atoms with Gasteiger partial charge in [-0.1, -0.05) is 0 Å².